The molecule has 5 nitrogen and oxygen atoms in total. The van der Waals surface area contributed by atoms with E-state index in [0.717, 1.165) is 23.8 Å². The van der Waals surface area contributed by atoms with Gasteiger partial charge in [-0.05, 0) is 27.2 Å². The number of amides is 1. The zero-order valence-electron chi connectivity index (χ0n) is 14.8. The summed E-state index contributed by atoms with van der Waals surface area (Å²) in [7, 11) is 0. The van der Waals surface area contributed by atoms with Crippen LogP contribution in [0.15, 0.2) is 4.42 Å². The minimum atomic E-state index is -0.109. The van der Waals surface area contributed by atoms with Crippen LogP contribution in [0.5, 0.6) is 0 Å². The number of nitrogens with zero attached hydrogens (tertiary/aromatic N) is 1. The molecule has 22 heavy (non-hydrogen) atoms. The van der Waals surface area contributed by atoms with Crippen molar-refractivity contribution in [1.82, 2.24) is 10.3 Å². The van der Waals surface area contributed by atoms with E-state index in [1.807, 2.05) is 20.8 Å². The highest BCUT2D eigenvalue weighted by Crippen LogP contribution is 2.24. The van der Waals surface area contributed by atoms with Gasteiger partial charge in [0, 0.05) is 31.4 Å². The predicted octanol–water partition coefficient (Wildman–Crippen LogP) is 3.14. The molecule has 126 valence electrons. The van der Waals surface area contributed by atoms with E-state index >= 15 is 0 Å². The zero-order valence-corrected chi connectivity index (χ0v) is 14.8. The molecule has 5 heteroatoms. The van der Waals surface area contributed by atoms with E-state index in [1.165, 1.54) is 0 Å². The van der Waals surface area contributed by atoms with E-state index in [-0.39, 0.29) is 17.4 Å². The van der Waals surface area contributed by atoms with Gasteiger partial charge in [-0.3, -0.25) is 4.79 Å². The third-order valence-corrected chi connectivity index (χ3v) is 3.21. The first-order valence-corrected chi connectivity index (χ1v) is 8.05. The van der Waals surface area contributed by atoms with Gasteiger partial charge in [0.05, 0.1) is 11.8 Å². The molecule has 0 saturated heterocycles. The van der Waals surface area contributed by atoms with Gasteiger partial charge < -0.3 is 14.5 Å². The first kappa shape index (κ1) is 18.7. The quantitative estimate of drug-likeness (QED) is 0.749. The summed E-state index contributed by atoms with van der Waals surface area (Å²) < 4.78 is 11.2. The summed E-state index contributed by atoms with van der Waals surface area (Å²) in [6.07, 6.45) is 2.08. The van der Waals surface area contributed by atoms with Crippen LogP contribution in [-0.4, -0.2) is 30.1 Å². The molecular formula is C17H30N2O3. The maximum Gasteiger partial charge on any atom is 0.220 e. The Bertz CT molecular complexity index is 473. The molecule has 0 unspecified atom stereocenters. The normalized spacial score (nSPS) is 12.0. The lowest BCUT2D eigenvalue weighted by Gasteiger charge is -2.12. The van der Waals surface area contributed by atoms with E-state index in [9.17, 15) is 4.79 Å². The summed E-state index contributed by atoms with van der Waals surface area (Å²) in [4.78, 5) is 16.3. The van der Waals surface area contributed by atoms with Crippen LogP contribution in [0.25, 0.3) is 0 Å². The largest absolute Gasteiger partial charge is 0.445 e. The van der Waals surface area contributed by atoms with Crippen LogP contribution in [0.2, 0.25) is 0 Å². The first-order chi connectivity index (χ1) is 10.2. The second-order valence-corrected chi connectivity index (χ2v) is 6.90. The number of aryl methyl sites for hydroxylation is 2. The molecule has 0 atom stereocenters. The van der Waals surface area contributed by atoms with E-state index in [0.29, 0.717) is 26.0 Å². The van der Waals surface area contributed by atoms with Crippen LogP contribution in [0.3, 0.4) is 0 Å². The number of carbonyl (C=O) groups is 1. The monoisotopic (exact) mass is 310 g/mol. The molecule has 0 saturated carbocycles. The zero-order chi connectivity index (χ0) is 16.8. The third kappa shape index (κ3) is 6.60. The van der Waals surface area contributed by atoms with Crippen LogP contribution in [0, 0.1) is 6.92 Å². The van der Waals surface area contributed by atoms with Gasteiger partial charge in [0.2, 0.25) is 5.91 Å². The molecule has 0 radical (unpaired) electrons. The van der Waals surface area contributed by atoms with Crippen molar-refractivity contribution in [3.05, 3.63) is 17.3 Å². The van der Waals surface area contributed by atoms with Crippen LogP contribution >= 0.6 is 0 Å². The number of rotatable bonds is 8. The second kappa shape index (κ2) is 8.32. The molecule has 1 amide bonds. The average Bonchev–Trinajstić information content (AvgIpc) is 2.77. The fourth-order valence-corrected chi connectivity index (χ4v) is 1.92. The van der Waals surface area contributed by atoms with Crippen molar-refractivity contribution < 1.29 is 13.9 Å². The molecular weight excluding hydrogens is 280 g/mol. The summed E-state index contributed by atoms with van der Waals surface area (Å²) in [5, 5.41) is 2.90. The van der Waals surface area contributed by atoms with Gasteiger partial charge in [-0.2, -0.15) is 0 Å². The Morgan fingerprint density at radius 2 is 2.05 bits per heavy atom. The van der Waals surface area contributed by atoms with Crippen molar-refractivity contribution >= 4 is 5.91 Å². The molecule has 1 N–H and O–H groups in total. The van der Waals surface area contributed by atoms with Gasteiger partial charge in [-0.25, -0.2) is 4.98 Å². The maximum absolute atomic E-state index is 11.8. The highest BCUT2D eigenvalue weighted by atomic mass is 16.5. The van der Waals surface area contributed by atoms with E-state index in [4.69, 9.17) is 9.15 Å². The summed E-state index contributed by atoms with van der Waals surface area (Å²) in [6.45, 7) is 13.4. The maximum atomic E-state index is 11.8. The Kier molecular flexibility index (Phi) is 7.07. The molecule has 0 aliphatic rings. The van der Waals surface area contributed by atoms with Crippen LogP contribution in [0.1, 0.15) is 64.8 Å². The Morgan fingerprint density at radius 1 is 1.36 bits per heavy atom. The van der Waals surface area contributed by atoms with Gasteiger partial charge in [-0.1, -0.05) is 20.8 Å². The van der Waals surface area contributed by atoms with Crippen LogP contribution < -0.4 is 5.32 Å². The minimum absolute atomic E-state index is 0.0395. The van der Waals surface area contributed by atoms with Crippen molar-refractivity contribution in [2.45, 2.75) is 72.3 Å². The Balaban J connectivity index is 2.31. The molecule has 0 aliphatic carbocycles. The molecule has 1 heterocycles. The van der Waals surface area contributed by atoms with Crippen molar-refractivity contribution in [3.63, 3.8) is 0 Å². The molecule has 0 spiro atoms. The smallest absolute Gasteiger partial charge is 0.220 e. The van der Waals surface area contributed by atoms with E-state index in [2.05, 4.69) is 31.1 Å². The van der Waals surface area contributed by atoms with Gasteiger partial charge in [0.1, 0.15) is 5.76 Å². The first-order valence-electron chi connectivity index (χ1n) is 8.05. The lowest BCUT2D eigenvalue weighted by atomic mass is 9.97. The molecule has 0 fully saturated rings. The fourth-order valence-electron chi connectivity index (χ4n) is 1.92. The third-order valence-electron chi connectivity index (χ3n) is 3.21. The van der Waals surface area contributed by atoms with Gasteiger partial charge in [0.15, 0.2) is 5.89 Å². The topological polar surface area (TPSA) is 64.4 Å². The molecule has 0 bridgehead atoms. The van der Waals surface area contributed by atoms with Gasteiger partial charge in [0.25, 0.3) is 0 Å². The number of carbonyl (C=O) groups excluding carboxylic acids is 1. The molecule has 0 aromatic carbocycles. The SMILES string of the molecule is Cc1nc(C(C)(C)C)oc1CCC(=O)NCCCOC(C)C. The number of hydrogen-bond donors (Lipinski definition) is 1. The Morgan fingerprint density at radius 3 is 2.59 bits per heavy atom. The highest BCUT2D eigenvalue weighted by molar-refractivity contribution is 5.76. The van der Waals surface area contributed by atoms with Gasteiger partial charge >= 0.3 is 0 Å². The Hall–Kier alpha value is -1.36. The number of ether oxygens (including phenoxy) is 1. The van der Waals surface area contributed by atoms with Crippen molar-refractivity contribution in [3.8, 4) is 0 Å². The lowest BCUT2D eigenvalue weighted by molar-refractivity contribution is -0.121. The van der Waals surface area contributed by atoms with Crippen LogP contribution in [0.4, 0.5) is 0 Å². The number of aromatic nitrogens is 1. The average molecular weight is 310 g/mol. The predicted molar refractivity (Wildman–Crippen MR) is 87.0 cm³/mol. The van der Waals surface area contributed by atoms with Crippen molar-refractivity contribution in [1.29, 1.82) is 0 Å². The number of hydrogen-bond acceptors (Lipinski definition) is 4. The highest BCUT2D eigenvalue weighted by Gasteiger charge is 2.22. The Labute approximate surface area is 133 Å². The molecule has 1 rings (SSSR count). The second-order valence-electron chi connectivity index (χ2n) is 6.90. The van der Waals surface area contributed by atoms with E-state index < -0.39 is 0 Å². The lowest BCUT2D eigenvalue weighted by Crippen LogP contribution is -2.25. The van der Waals surface area contributed by atoms with Crippen molar-refractivity contribution in [2.24, 2.45) is 0 Å². The van der Waals surface area contributed by atoms with E-state index in [1.54, 1.807) is 0 Å². The molecule has 1 aromatic rings. The standard InChI is InChI=1S/C17H30N2O3/c1-12(2)21-11-7-10-18-15(20)9-8-14-13(3)19-16(22-14)17(4,5)6/h12H,7-11H2,1-6H3,(H,18,20). The molecule has 1 aromatic heterocycles. The van der Waals surface area contributed by atoms with Gasteiger partial charge in [-0.15, -0.1) is 0 Å². The fraction of sp³-hybridized carbons (Fsp3) is 0.765. The summed E-state index contributed by atoms with van der Waals surface area (Å²) in [5.74, 6) is 1.58. The summed E-state index contributed by atoms with van der Waals surface area (Å²) in [5.41, 5.74) is 0.768. The number of nitrogens with one attached hydrogen (secondary N) is 1. The number of oxazole rings is 1. The molecule has 0 aliphatic heterocycles. The summed E-state index contributed by atoms with van der Waals surface area (Å²) >= 11 is 0. The summed E-state index contributed by atoms with van der Waals surface area (Å²) in [6, 6.07) is 0. The van der Waals surface area contributed by atoms with Crippen molar-refractivity contribution in [2.75, 3.05) is 13.2 Å². The minimum Gasteiger partial charge on any atom is -0.445 e. The van der Waals surface area contributed by atoms with Crippen LogP contribution in [-0.2, 0) is 21.4 Å².